The highest BCUT2D eigenvalue weighted by atomic mass is 32.2. The lowest BCUT2D eigenvalue weighted by Crippen LogP contribution is -2.41. The molecule has 6 nitrogen and oxygen atoms in total. The fourth-order valence-corrected chi connectivity index (χ4v) is 3.13. The van der Waals surface area contributed by atoms with Crippen molar-refractivity contribution in [3.05, 3.63) is 35.4 Å². The normalized spacial score (nSPS) is 13.4. The number of benzene rings is 1. The van der Waals surface area contributed by atoms with Gasteiger partial charge in [-0.25, -0.2) is 13.4 Å². The molecule has 0 bridgehead atoms. The van der Waals surface area contributed by atoms with E-state index >= 15 is 0 Å². The number of halogens is 3. The summed E-state index contributed by atoms with van der Waals surface area (Å²) in [4.78, 5) is 4.41. The number of ether oxygens (including phenoxy) is 1. The Kier molecular flexibility index (Phi) is 9.41. The summed E-state index contributed by atoms with van der Waals surface area (Å²) >= 11 is 0. The second kappa shape index (κ2) is 10.8. The first-order valence-corrected chi connectivity index (χ1v) is 11.0. The minimum absolute atomic E-state index is 0.00641. The lowest BCUT2D eigenvalue weighted by molar-refractivity contribution is -0.176. The Morgan fingerprint density at radius 3 is 2.17 bits per heavy atom. The first-order valence-electron chi connectivity index (χ1n) is 9.31. The van der Waals surface area contributed by atoms with Crippen LogP contribution >= 0.6 is 0 Å². The average molecular weight is 438 g/mol. The molecule has 0 spiro atoms. The molecule has 10 heteroatoms. The fourth-order valence-electron chi connectivity index (χ4n) is 2.15. The van der Waals surface area contributed by atoms with Gasteiger partial charge in [-0.2, -0.15) is 13.2 Å². The minimum atomic E-state index is -4.34. The summed E-state index contributed by atoms with van der Waals surface area (Å²) < 4.78 is 64.4. The van der Waals surface area contributed by atoms with E-state index in [1.807, 2.05) is 6.92 Å². The maximum atomic E-state index is 12.2. The van der Waals surface area contributed by atoms with Crippen LogP contribution in [0.4, 0.5) is 13.2 Å². The van der Waals surface area contributed by atoms with Crippen LogP contribution in [0.2, 0.25) is 0 Å². The Morgan fingerprint density at radius 2 is 1.66 bits per heavy atom. The van der Waals surface area contributed by atoms with Crippen molar-refractivity contribution in [1.82, 2.24) is 10.6 Å². The largest absolute Gasteiger partial charge is 0.411 e. The van der Waals surface area contributed by atoms with Crippen molar-refractivity contribution in [3.8, 4) is 0 Å². The van der Waals surface area contributed by atoms with E-state index in [0.717, 1.165) is 5.56 Å². The first kappa shape index (κ1) is 25.2. The smallest absolute Gasteiger partial charge is 0.367 e. The number of nitrogens with zero attached hydrogens (tertiary/aromatic N) is 1. The molecular weight excluding hydrogens is 407 g/mol. The van der Waals surface area contributed by atoms with E-state index in [1.54, 1.807) is 45.0 Å². The molecule has 0 aromatic heterocycles. The zero-order valence-corrected chi connectivity index (χ0v) is 18.1. The van der Waals surface area contributed by atoms with Crippen LogP contribution in [0.5, 0.6) is 0 Å². The molecule has 0 saturated heterocycles. The van der Waals surface area contributed by atoms with E-state index in [1.165, 1.54) is 0 Å². The second-order valence-corrected chi connectivity index (χ2v) is 10.3. The Labute approximate surface area is 170 Å². The molecule has 0 aliphatic carbocycles. The van der Waals surface area contributed by atoms with Crippen LogP contribution in [0.25, 0.3) is 0 Å². The highest BCUT2D eigenvalue weighted by Crippen LogP contribution is 2.16. The molecule has 0 fully saturated rings. The van der Waals surface area contributed by atoms with Gasteiger partial charge in [0.15, 0.2) is 15.8 Å². The maximum absolute atomic E-state index is 12.2. The van der Waals surface area contributed by atoms with Crippen LogP contribution in [0.3, 0.4) is 0 Å². The molecule has 29 heavy (non-hydrogen) atoms. The molecule has 0 amide bonds. The molecule has 0 aliphatic rings. The number of aliphatic imine (C=N–C) groups is 1. The monoisotopic (exact) mass is 437 g/mol. The van der Waals surface area contributed by atoms with E-state index in [2.05, 4.69) is 20.4 Å². The van der Waals surface area contributed by atoms with E-state index in [0.29, 0.717) is 24.6 Å². The molecule has 0 saturated carbocycles. The van der Waals surface area contributed by atoms with Gasteiger partial charge in [0.25, 0.3) is 0 Å². The maximum Gasteiger partial charge on any atom is 0.411 e. The molecular formula is C19H30F3N3O3S. The van der Waals surface area contributed by atoms with E-state index in [9.17, 15) is 21.6 Å². The van der Waals surface area contributed by atoms with E-state index in [4.69, 9.17) is 0 Å². The second-order valence-electron chi connectivity index (χ2n) is 7.48. The number of rotatable bonds is 9. The van der Waals surface area contributed by atoms with Gasteiger partial charge in [-0.1, -0.05) is 24.3 Å². The van der Waals surface area contributed by atoms with Crippen molar-refractivity contribution in [2.45, 2.75) is 51.8 Å². The first-order chi connectivity index (χ1) is 13.3. The van der Waals surface area contributed by atoms with E-state index in [-0.39, 0.29) is 18.9 Å². The number of sulfone groups is 1. The summed E-state index contributed by atoms with van der Waals surface area (Å²) in [5.74, 6) is 0.488. The number of hydrogen-bond donors (Lipinski definition) is 2. The van der Waals surface area contributed by atoms with Gasteiger partial charge in [0.05, 0.1) is 23.7 Å². The molecule has 0 unspecified atom stereocenters. The lowest BCUT2D eigenvalue weighted by atomic mass is 10.1. The molecule has 1 rings (SSSR count). The molecule has 2 N–H and O–H groups in total. The number of guanidine groups is 1. The summed E-state index contributed by atoms with van der Waals surface area (Å²) in [5, 5.41) is 6.05. The minimum Gasteiger partial charge on any atom is -0.367 e. The molecule has 1 aromatic rings. The fraction of sp³-hybridized carbons (Fsp3) is 0.632. The molecule has 1 aromatic carbocycles. The van der Waals surface area contributed by atoms with Crippen LogP contribution in [-0.2, 0) is 27.7 Å². The summed E-state index contributed by atoms with van der Waals surface area (Å²) in [6.07, 6.45) is -4.34. The van der Waals surface area contributed by atoms with Gasteiger partial charge in [-0.3, -0.25) is 0 Å². The van der Waals surface area contributed by atoms with Crippen LogP contribution in [0.15, 0.2) is 29.3 Å². The van der Waals surface area contributed by atoms with Gasteiger partial charge >= 0.3 is 6.18 Å². The zero-order valence-electron chi connectivity index (χ0n) is 17.3. The zero-order chi connectivity index (χ0) is 22.1. The van der Waals surface area contributed by atoms with Gasteiger partial charge in [0.2, 0.25) is 0 Å². The van der Waals surface area contributed by atoms with Gasteiger partial charge in [0.1, 0.15) is 6.61 Å². The van der Waals surface area contributed by atoms with Crippen molar-refractivity contribution in [2.24, 2.45) is 4.99 Å². The van der Waals surface area contributed by atoms with Crippen LogP contribution < -0.4 is 10.6 Å². The summed E-state index contributed by atoms with van der Waals surface area (Å²) in [7, 11) is -3.22. The third-order valence-electron chi connectivity index (χ3n) is 3.92. The molecule has 0 aliphatic heterocycles. The molecule has 0 radical (unpaired) electrons. The Morgan fingerprint density at radius 1 is 1.07 bits per heavy atom. The van der Waals surface area contributed by atoms with Crippen LogP contribution in [-0.4, -0.2) is 50.7 Å². The third kappa shape index (κ3) is 9.98. The number of hydrogen-bond acceptors (Lipinski definition) is 4. The van der Waals surface area contributed by atoms with Crippen LogP contribution in [0.1, 0.15) is 38.8 Å². The predicted octanol–water partition coefficient (Wildman–Crippen LogP) is 3.03. The van der Waals surface area contributed by atoms with Crippen molar-refractivity contribution in [2.75, 3.05) is 25.4 Å². The standard InChI is InChI=1S/C19H30F3N3O3S/c1-5-23-17(24-10-11-29(26,27)18(2,3)4)25-12-15-6-8-16(9-7-15)13-28-14-19(20,21)22/h6-9H,5,10-14H2,1-4H3,(H2,23,24,25). The molecule has 0 atom stereocenters. The quantitative estimate of drug-likeness (QED) is 0.459. The van der Waals surface area contributed by atoms with Gasteiger partial charge in [0, 0.05) is 13.1 Å². The number of nitrogens with one attached hydrogen (secondary N) is 2. The number of alkyl halides is 3. The van der Waals surface area contributed by atoms with Crippen LogP contribution in [0, 0.1) is 0 Å². The molecule has 0 heterocycles. The summed E-state index contributed by atoms with van der Waals surface area (Å²) in [6, 6.07) is 6.92. The Balaban J connectivity index is 2.58. The average Bonchev–Trinajstić information content (AvgIpc) is 2.58. The highest BCUT2D eigenvalue weighted by Gasteiger charge is 2.28. The lowest BCUT2D eigenvalue weighted by Gasteiger charge is -2.19. The van der Waals surface area contributed by atoms with Gasteiger partial charge < -0.3 is 15.4 Å². The topological polar surface area (TPSA) is 79.8 Å². The third-order valence-corrected chi connectivity index (χ3v) is 6.53. The summed E-state index contributed by atoms with van der Waals surface area (Å²) in [6.45, 7) is 6.70. The predicted molar refractivity (Wildman–Crippen MR) is 109 cm³/mol. The van der Waals surface area contributed by atoms with Crippen molar-refractivity contribution < 1.29 is 26.3 Å². The van der Waals surface area contributed by atoms with Gasteiger partial charge in [-0.05, 0) is 38.8 Å². The van der Waals surface area contributed by atoms with Crippen molar-refractivity contribution in [3.63, 3.8) is 0 Å². The Bertz CT molecular complexity index is 756. The van der Waals surface area contributed by atoms with E-state index < -0.39 is 27.4 Å². The summed E-state index contributed by atoms with van der Waals surface area (Å²) in [5.41, 5.74) is 1.50. The van der Waals surface area contributed by atoms with Crippen molar-refractivity contribution in [1.29, 1.82) is 0 Å². The molecule has 166 valence electrons. The SMILES string of the molecule is CCNC(=NCc1ccc(COCC(F)(F)F)cc1)NCCS(=O)(=O)C(C)(C)C. The van der Waals surface area contributed by atoms with Crippen molar-refractivity contribution >= 4 is 15.8 Å². The highest BCUT2D eigenvalue weighted by molar-refractivity contribution is 7.92. The van der Waals surface area contributed by atoms with Gasteiger partial charge in [-0.15, -0.1) is 0 Å². The Hall–Kier alpha value is -1.81.